The Morgan fingerprint density at radius 2 is 1.67 bits per heavy atom. The van der Waals surface area contributed by atoms with E-state index in [1.165, 1.54) is 0 Å². The zero-order valence-corrected chi connectivity index (χ0v) is 11.2. The molecule has 0 saturated carbocycles. The van der Waals surface area contributed by atoms with E-state index >= 15 is 0 Å². The molecule has 1 aromatic heterocycles. The van der Waals surface area contributed by atoms with Crippen molar-refractivity contribution in [3.05, 3.63) is 69.6 Å². The van der Waals surface area contributed by atoms with Crippen LogP contribution in [0.5, 0.6) is 0 Å². The molecule has 0 fully saturated rings. The molecule has 0 bridgehead atoms. The molecule has 0 aliphatic carbocycles. The molecule has 0 N–H and O–H groups in total. The van der Waals surface area contributed by atoms with Crippen molar-refractivity contribution in [1.29, 1.82) is 0 Å². The maximum Gasteiger partial charge on any atom is 0.0160 e. The van der Waals surface area contributed by atoms with Crippen LogP contribution in [0.15, 0.2) is 48.7 Å². The van der Waals surface area contributed by atoms with Crippen molar-refractivity contribution in [2.75, 3.05) is 0 Å². The number of hydrogen-bond donors (Lipinski definition) is 0. The number of aromatic nitrogens is 1. The number of rotatable bonds is 1. The molecular formula is C13H14NPt-3. The zero-order chi connectivity index (χ0) is 8.23. The molecule has 0 spiro atoms. The van der Waals surface area contributed by atoms with Gasteiger partial charge >= 0.3 is 0 Å². The normalized spacial score (nSPS) is 7.73. The smallest absolute Gasteiger partial charge is 0.0160 e. The first-order valence-corrected chi connectivity index (χ1v) is 3.85. The van der Waals surface area contributed by atoms with E-state index in [1.807, 2.05) is 42.5 Å². The second kappa shape index (κ2) is 8.37. The van der Waals surface area contributed by atoms with Crippen LogP contribution in [-0.2, 0) is 21.1 Å². The van der Waals surface area contributed by atoms with Crippen molar-refractivity contribution in [2.45, 2.75) is 0 Å². The van der Waals surface area contributed by atoms with Crippen LogP contribution in [0.1, 0.15) is 0 Å². The van der Waals surface area contributed by atoms with Gasteiger partial charge < -0.3 is 19.8 Å². The summed E-state index contributed by atoms with van der Waals surface area (Å²) < 4.78 is 0. The number of pyridine rings is 1. The van der Waals surface area contributed by atoms with E-state index in [9.17, 15) is 0 Å². The standard InChI is InChI=1S/C11H8N.2CH3.Pt/c1-2-6-10(7-3-1)11-8-4-5-9-12-11;;;/h1-6,8-9H;2*1H3;/q3*-1;. The Morgan fingerprint density at radius 3 is 2.20 bits per heavy atom. The summed E-state index contributed by atoms with van der Waals surface area (Å²) in [5, 5.41) is 0. The summed E-state index contributed by atoms with van der Waals surface area (Å²) in [5.41, 5.74) is 2.01. The molecule has 2 heteroatoms. The van der Waals surface area contributed by atoms with Gasteiger partial charge in [0.05, 0.1) is 0 Å². The van der Waals surface area contributed by atoms with Crippen LogP contribution in [-0.4, -0.2) is 4.98 Å². The predicted molar refractivity (Wildman–Crippen MR) is 61.3 cm³/mol. The molecule has 0 aliphatic rings. The van der Waals surface area contributed by atoms with Crippen LogP contribution in [0.4, 0.5) is 0 Å². The third-order valence-electron chi connectivity index (χ3n) is 1.65. The summed E-state index contributed by atoms with van der Waals surface area (Å²) >= 11 is 0. The Morgan fingerprint density at radius 1 is 0.933 bits per heavy atom. The fourth-order valence-corrected chi connectivity index (χ4v) is 1.07. The third-order valence-corrected chi connectivity index (χ3v) is 1.65. The summed E-state index contributed by atoms with van der Waals surface area (Å²) in [6.45, 7) is 0. The largest absolute Gasteiger partial charge is 0.358 e. The van der Waals surface area contributed by atoms with Gasteiger partial charge in [0.1, 0.15) is 0 Å². The van der Waals surface area contributed by atoms with Crippen LogP contribution in [0, 0.1) is 20.9 Å². The molecule has 0 amide bonds. The number of nitrogens with zero attached hydrogens (tertiary/aromatic N) is 1. The van der Waals surface area contributed by atoms with Gasteiger partial charge in [0.15, 0.2) is 0 Å². The van der Waals surface area contributed by atoms with Crippen molar-refractivity contribution < 1.29 is 21.1 Å². The Hall–Kier alpha value is -0.942. The molecule has 0 saturated heterocycles. The third kappa shape index (κ3) is 4.40. The second-order valence-electron chi connectivity index (χ2n) is 2.49. The topological polar surface area (TPSA) is 12.9 Å². The minimum absolute atomic E-state index is 0. The van der Waals surface area contributed by atoms with Crippen molar-refractivity contribution in [3.8, 4) is 11.3 Å². The molecular weight excluding hydrogens is 365 g/mol. The molecule has 0 atom stereocenters. The minimum atomic E-state index is 0. The summed E-state index contributed by atoms with van der Waals surface area (Å²) in [6, 6.07) is 16.8. The average molecular weight is 379 g/mol. The molecule has 2 rings (SSSR count). The van der Waals surface area contributed by atoms with Gasteiger partial charge in [0.2, 0.25) is 0 Å². The number of hydrogen-bond acceptors (Lipinski definition) is 1. The maximum absolute atomic E-state index is 4.22. The second-order valence-corrected chi connectivity index (χ2v) is 2.49. The Bertz CT molecular complexity index is 308. The number of benzene rings is 1. The van der Waals surface area contributed by atoms with E-state index in [-0.39, 0.29) is 35.9 Å². The fourth-order valence-electron chi connectivity index (χ4n) is 1.07. The molecule has 1 heterocycles. The van der Waals surface area contributed by atoms with Gasteiger partial charge in [0, 0.05) is 27.3 Å². The predicted octanol–water partition coefficient (Wildman–Crippen LogP) is 3.45. The molecule has 84 valence electrons. The van der Waals surface area contributed by atoms with Crippen LogP contribution in [0.3, 0.4) is 0 Å². The van der Waals surface area contributed by atoms with Gasteiger partial charge in [-0.15, -0.1) is 35.9 Å². The Labute approximate surface area is 107 Å². The van der Waals surface area contributed by atoms with Crippen LogP contribution >= 0.6 is 0 Å². The molecule has 15 heavy (non-hydrogen) atoms. The molecule has 1 nitrogen and oxygen atoms in total. The quantitative estimate of drug-likeness (QED) is 0.692. The first kappa shape index (κ1) is 16.5. The van der Waals surface area contributed by atoms with Gasteiger partial charge in [-0.3, -0.25) is 0 Å². The average Bonchev–Trinajstić information content (AvgIpc) is 2.21. The summed E-state index contributed by atoms with van der Waals surface area (Å²) in [7, 11) is 0. The van der Waals surface area contributed by atoms with Crippen molar-refractivity contribution in [3.63, 3.8) is 0 Å². The van der Waals surface area contributed by atoms with E-state index in [0.29, 0.717) is 0 Å². The monoisotopic (exact) mass is 379 g/mol. The van der Waals surface area contributed by atoms with E-state index in [2.05, 4.69) is 11.1 Å². The molecule has 0 unspecified atom stereocenters. The molecule has 0 radical (unpaired) electrons. The van der Waals surface area contributed by atoms with Gasteiger partial charge in [-0.05, 0) is 11.8 Å². The SMILES string of the molecule is [CH3-].[CH3-].[Pt].[c-]1ccccc1-c1ccccn1. The Kier molecular flexibility index (Phi) is 9.20. The van der Waals surface area contributed by atoms with Crippen molar-refractivity contribution >= 4 is 0 Å². The Balaban J connectivity index is 0. The molecule has 0 aliphatic heterocycles. The first-order valence-electron chi connectivity index (χ1n) is 3.85. The van der Waals surface area contributed by atoms with Crippen LogP contribution in [0.25, 0.3) is 11.3 Å². The van der Waals surface area contributed by atoms with Gasteiger partial charge in [-0.2, -0.15) is 0 Å². The van der Waals surface area contributed by atoms with Crippen LogP contribution in [0.2, 0.25) is 0 Å². The zero-order valence-electron chi connectivity index (χ0n) is 8.88. The minimum Gasteiger partial charge on any atom is -0.358 e. The van der Waals surface area contributed by atoms with E-state index in [0.717, 1.165) is 11.3 Å². The first-order chi connectivity index (χ1) is 5.97. The van der Waals surface area contributed by atoms with E-state index in [1.54, 1.807) is 6.20 Å². The summed E-state index contributed by atoms with van der Waals surface area (Å²) in [6.07, 6.45) is 1.79. The molecule has 1 aromatic carbocycles. The van der Waals surface area contributed by atoms with Crippen molar-refractivity contribution in [1.82, 2.24) is 4.98 Å². The van der Waals surface area contributed by atoms with Gasteiger partial charge in [0.25, 0.3) is 0 Å². The van der Waals surface area contributed by atoms with E-state index < -0.39 is 0 Å². The van der Waals surface area contributed by atoms with Crippen LogP contribution < -0.4 is 0 Å². The van der Waals surface area contributed by atoms with Crippen molar-refractivity contribution in [2.24, 2.45) is 0 Å². The van der Waals surface area contributed by atoms with E-state index in [4.69, 9.17) is 0 Å². The van der Waals surface area contributed by atoms with Gasteiger partial charge in [-0.25, -0.2) is 0 Å². The summed E-state index contributed by atoms with van der Waals surface area (Å²) in [5.74, 6) is 0. The fraction of sp³-hybridized carbons (Fsp3) is 0. The summed E-state index contributed by atoms with van der Waals surface area (Å²) in [4.78, 5) is 4.22. The molecule has 2 aromatic rings. The van der Waals surface area contributed by atoms with Gasteiger partial charge in [-0.1, -0.05) is 12.1 Å². The maximum atomic E-state index is 4.22.